The van der Waals surface area contributed by atoms with Crippen molar-refractivity contribution in [2.24, 2.45) is 0 Å². The molecule has 0 spiro atoms. The van der Waals surface area contributed by atoms with Crippen LogP contribution in [0.3, 0.4) is 0 Å². The third-order valence-corrected chi connectivity index (χ3v) is 5.02. The lowest BCUT2D eigenvalue weighted by molar-refractivity contribution is -0.146. The molecule has 1 saturated heterocycles. The van der Waals surface area contributed by atoms with Crippen LogP contribution in [0.1, 0.15) is 25.2 Å². The molecule has 10 heteroatoms. The van der Waals surface area contributed by atoms with E-state index in [4.69, 9.17) is 0 Å². The topological polar surface area (TPSA) is 62.5 Å². The van der Waals surface area contributed by atoms with Crippen LogP contribution < -0.4 is 4.90 Å². The molecule has 4 rings (SSSR count). The van der Waals surface area contributed by atoms with Gasteiger partial charge >= 0.3 is 6.18 Å². The molecule has 1 fully saturated rings. The first kappa shape index (κ1) is 18.6. The minimum absolute atomic E-state index is 0.0759. The molecule has 0 bridgehead atoms. The van der Waals surface area contributed by atoms with E-state index < -0.39 is 12.0 Å². The number of pyridine rings is 1. The van der Waals surface area contributed by atoms with Crippen LogP contribution in [0, 0.1) is 0 Å². The minimum atomic E-state index is -4.60. The van der Waals surface area contributed by atoms with Crippen LogP contribution >= 0.6 is 0 Å². The molecular formula is C18H20F3N7. The molecule has 0 radical (unpaired) electrons. The molecule has 2 atom stereocenters. The molecule has 0 saturated carbocycles. The van der Waals surface area contributed by atoms with E-state index >= 15 is 0 Å². The number of alkyl halides is 3. The molecule has 1 aliphatic rings. The summed E-state index contributed by atoms with van der Waals surface area (Å²) in [6, 6.07) is 7.46. The van der Waals surface area contributed by atoms with E-state index in [2.05, 4.69) is 32.1 Å². The second-order valence-electron chi connectivity index (χ2n) is 7.12. The van der Waals surface area contributed by atoms with Gasteiger partial charge in [0, 0.05) is 44.1 Å². The van der Waals surface area contributed by atoms with E-state index in [1.807, 2.05) is 30.2 Å². The summed E-state index contributed by atoms with van der Waals surface area (Å²) in [6.07, 6.45) is -1.01. The van der Waals surface area contributed by atoms with Gasteiger partial charge in [-0.1, -0.05) is 6.07 Å². The third kappa shape index (κ3) is 3.51. The maximum Gasteiger partial charge on any atom is 0.453 e. The fraction of sp³-hybridized carbons (Fsp3) is 0.444. The molecule has 1 aliphatic heterocycles. The van der Waals surface area contributed by atoms with Gasteiger partial charge in [-0.3, -0.25) is 9.88 Å². The monoisotopic (exact) mass is 391 g/mol. The summed E-state index contributed by atoms with van der Waals surface area (Å²) in [5, 5.41) is 11.0. The summed E-state index contributed by atoms with van der Waals surface area (Å²) >= 11 is 0. The number of nitrogens with zero attached hydrogens (tertiary/aromatic N) is 7. The number of piperazine rings is 1. The van der Waals surface area contributed by atoms with Crippen LogP contribution in [0.4, 0.5) is 19.0 Å². The number of anilines is 1. The van der Waals surface area contributed by atoms with Gasteiger partial charge in [-0.05, 0) is 37.6 Å². The summed E-state index contributed by atoms with van der Waals surface area (Å²) in [4.78, 5) is 8.53. The van der Waals surface area contributed by atoms with E-state index in [9.17, 15) is 13.2 Å². The lowest BCUT2D eigenvalue weighted by Gasteiger charge is -2.44. The number of hydrogen-bond donors (Lipinski definition) is 0. The normalized spacial score (nSPS) is 21.4. The predicted octanol–water partition coefficient (Wildman–Crippen LogP) is 2.64. The van der Waals surface area contributed by atoms with E-state index in [0.29, 0.717) is 12.4 Å². The Kier molecular flexibility index (Phi) is 4.66. The number of rotatable bonds is 3. The average molecular weight is 391 g/mol. The number of halogens is 3. The quantitative estimate of drug-likeness (QED) is 0.684. The van der Waals surface area contributed by atoms with E-state index in [-0.39, 0.29) is 17.7 Å². The molecule has 0 unspecified atom stereocenters. The molecule has 0 aliphatic carbocycles. The summed E-state index contributed by atoms with van der Waals surface area (Å²) in [7, 11) is 0. The second kappa shape index (κ2) is 7.01. The van der Waals surface area contributed by atoms with Gasteiger partial charge in [0.1, 0.15) is 5.82 Å². The SMILES string of the molecule is C[C@@H]1CN(c2ccc3nnc(C(F)(F)F)n3n2)[C@@H](C)CN1Cc1cccnc1. The Balaban J connectivity index is 1.57. The van der Waals surface area contributed by atoms with Crippen molar-refractivity contribution >= 4 is 11.5 Å². The first-order valence-corrected chi connectivity index (χ1v) is 9.02. The molecule has 0 amide bonds. The Labute approximate surface area is 159 Å². The number of aromatic nitrogens is 5. The highest BCUT2D eigenvalue weighted by Gasteiger charge is 2.38. The molecule has 4 heterocycles. The van der Waals surface area contributed by atoms with Gasteiger partial charge in [0.05, 0.1) is 0 Å². The zero-order valence-electron chi connectivity index (χ0n) is 15.5. The first-order chi connectivity index (χ1) is 13.3. The minimum Gasteiger partial charge on any atom is -0.350 e. The van der Waals surface area contributed by atoms with Crippen LogP contribution in [-0.4, -0.2) is 54.9 Å². The summed E-state index contributed by atoms with van der Waals surface area (Å²) in [6.45, 7) is 6.36. The van der Waals surface area contributed by atoms with Gasteiger partial charge < -0.3 is 4.90 Å². The van der Waals surface area contributed by atoms with Crippen LogP contribution in [0.5, 0.6) is 0 Å². The van der Waals surface area contributed by atoms with Crippen LogP contribution in [0.25, 0.3) is 5.65 Å². The Morgan fingerprint density at radius 2 is 1.89 bits per heavy atom. The molecule has 7 nitrogen and oxygen atoms in total. The van der Waals surface area contributed by atoms with E-state index in [0.717, 1.165) is 23.2 Å². The van der Waals surface area contributed by atoms with Gasteiger partial charge in [-0.15, -0.1) is 15.3 Å². The molecule has 148 valence electrons. The van der Waals surface area contributed by atoms with Crippen molar-refractivity contribution < 1.29 is 13.2 Å². The zero-order chi connectivity index (χ0) is 19.9. The maximum atomic E-state index is 13.1. The Morgan fingerprint density at radius 3 is 2.61 bits per heavy atom. The summed E-state index contributed by atoms with van der Waals surface area (Å²) in [5.41, 5.74) is 1.21. The number of hydrogen-bond acceptors (Lipinski definition) is 6. The third-order valence-electron chi connectivity index (χ3n) is 5.02. The number of fused-ring (bicyclic) bond motifs is 1. The van der Waals surface area contributed by atoms with Crippen LogP contribution in [0.15, 0.2) is 36.7 Å². The van der Waals surface area contributed by atoms with Gasteiger partial charge in [0.15, 0.2) is 5.65 Å². The van der Waals surface area contributed by atoms with Gasteiger partial charge in [0.2, 0.25) is 0 Å². The highest BCUT2D eigenvalue weighted by molar-refractivity contribution is 5.47. The van der Waals surface area contributed by atoms with Gasteiger partial charge in [0.25, 0.3) is 5.82 Å². The van der Waals surface area contributed by atoms with E-state index in [1.54, 1.807) is 12.3 Å². The van der Waals surface area contributed by atoms with E-state index in [1.165, 1.54) is 6.07 Å². The van der Waals surface area contributed by atoms with Crippen LogP contribution in [0.2, 0.25) is 0 Å². The Hall–Kier alpha value is -2.75. The standard InChI is InChI=1S/C18H20F3N7/c1-12-10-27(13(2)9-26(12)11-14-4-3-7-22-8-14)16-6-5-15-23-24-17(18(19,20)21)28(15)25-16/h3-8,12-13H,9-11H2,1-2H3/t12-,13+/m1/s1. The Bertz CT molecular complexity index is 957. The molecule has 0 aromatic carbocycles. The molecule has 3 aromatic heterocycles. The lowest BCUT2D eigenvalue weighted by atomic mass is 10.1. The zero-order valence-corrected chi connectivity index (χ0v) is 15.5. The van der Waals surface area contributed by atoms with Gasteiger partial charge in [-0.25, -0.2) is 0 Å². The summed E-state index contributed by atoms with van der Waals surface area (Å²) in [5.74, 6) is -0.626. The molecule has 28 heavy (non-hydrogen) atoms. The van der Waals surface area contributed by atoms with Gasteiger partial charge in [-0.2, -0.15) is 17.7 Å². The molecule has 3 aromatic rings. The van der Waals surface area contributed by atoms with Crippen molar-refractivity contribution in [2.75, 3.05) is 18.0 Å². The highest BCUT2D eigenvalue weighted by atomic mass is 19.4. The van der Waals surface area contributed by atoms with Crippen molar-refractivity contribution in [1.29, 1.82) is 0 Å². The van der Waals surface area contributed by atoms with Crippen molar-refractivity contribution in [2.45, 2.75) is 38.7 Å². The average Bonchev–Trinajstić information content (AvgIpc) is 3.09. The largest absolute Gasteiger partial charge is 0.453 e. The van der Waals surface area contributed by atoms with Crippen molar-refractivity contribution in [3.8, 4) is 0 Å². The summed E-state index contributed by atoms with van der Waals surface area (Å²) < 4.78 is 40.2. The molecular weight excluding hydrogens is 371 g/mol. The lowest BCUT2D eigenvalue weighted by Crippen LogP contribution is -2.56. The first-order valence-electron chi connectivity index (χ1n) is 9.02. The predicted molar refractivity (Wildman–Crippen MR) is 96.7 cm³/mol. The van der Waals surface area contributed by atoms with Crippen molar-refractivity contribution in [1.82, 2.24) is 29.7 Å². The maximum absolute atomic E-state index is 13.1. The van der Waals surface area contributed by atoms with Crippen molar-refractivity contribution in [3.05, 3.63) is 48.0 Å². The van der Waals surface area contributed by atoms with Crippen LogP contribution in [-0.2, 0) is 12.7 Å². The fourth-order valence-electron chi connectivity index (χ4n) is 3.57. The second-order valence-corrected chi connectivity index (χ2v) is 7.12. The smallest absolute Gasteiger partial charge is 0.350 e. The fourth-order valence-corrected chi connectivity index (χ4v) is 3.57. The highest BCUT2D eigenvalue weighted by Crippen LogP contribution is 2.29. The van der Waals surface area contributed by atoms with Crippen molar-refractivity contribution in [3.63, 3.8) is 0 Å². The molecule has 0 N–H and O–H groups in total. The Morgan fingerprint density at radius 1 is 1.07 bits per heavy atom.